The standard InChI is InChI=1S/C6H14O4/c1-10-6(4-9)5(2-7)3-8/h5-9H,2-4H2,1H3. The molecule has 4 nitrogen and oxygen atoms in total. The Morgan fingerprint density at radius 1 is 1.10 bits per heavy atom. The summed E-state index contributed by atoms with van der Waals surface area (Å²) in [4.78, 5) is 0. The molecule has 0 heterocycles. The van der Waals surface area contributed by atoms with E-state index in [4.69, 9.17) is 20.1 Å². The van der Waals surface area contributed by atoms with Crippen molar-refractivity contribution >= 4 is 0 Å². The molecule has 10 heavy (non-hydrogen) atoms. The Balaban J connectivity index is 3.70. The first kappa shape index (κ1) is 9.84. The zero-order chi connectivity index (χ0) is 7.98. The van der Waals surface area contributed by atoms with Crippen LogP contribution in [0, 0.1) is 5.92 Å². The van der Waals surface area contributed by atoms with Crippen molar-refractivity contribution in [3.63, 3.8) is 0 Å². The fraction of sp³-hybridized carbons (Fsp3) is 1.00. The molecule has 62 valence electrons. The molecule has 0 fully saturated rings. The third-order valence-corrected chi connectivity index (χ3v) is 1.48. The first-order valence-electron chi connectivity index (χ1n) is 3.15. The van der Waals surface area contributed by atoms with E-state index < -0.39 is 6.10 Å². The van der Waals surface area contributed by atoms with Crippen LogP contribution < -0.4 is 0 Å². The molecule has 0 aromatic heterocycles. The van der Waals surface area contributed by atoms with Crippen molar-refractivity contribution in [3.8, 4) is 0 Å². The highest BCUT2D eigenvalue weighted by Crippen LogP contribution is 2.04. The Hall–Kier alpha value is -0.160. The Morgan fingerprint density at radius 3 is 1.70 bits per heavy atom. The summed E-state index contributed by atoms with van der Waals surface area (Å²) in [5.41, 5.74) is 0. The molecular weight excluding hydrogens is 136 g/mol. The van der Waals surface area contributed by atoms with Crippen LogP contribution in [0.15, 0.2) is 0 Å². The predicted octanol–water partition coefficient (Wildman–Crippen LogP) is -1.41. The summed E-state index contributed by atoms with van der Waals surface area (Å²) in [6, 6.07) is 0. The van der Waals surface area contributed by atoms with Gasteiger partial charge in [-0.2, -0.15) is 0 Å². The summed E-state index contributed by atoms with van der Waals surface area (Å²) in [5, 5.41) is 25.8. The quantitative estimate of drug-likeness (QED) is 0.450. The lowest BCUT2D eigenvalue weighted by atomic mass is 10.1. The number of rotatable bonds is 5. The van der Waals surface area contributed by atoms with E-state index in [1.165, 1.54) is 7.11 Å². The molecule has 0 saturated carbocycles. The molecule has 0 rings (SSSR count). The van der Waals surface area contributed by atoms with Gasteiger partial charge in [-0.1, -0.05) is 0 Å². The first-order valence-corrected chi connectivity index (χ1v) is 3.15. The third-order valence-electron chi connectivity index (χ3n) is 1.48. The molecule has 0 aromatic rings. The number of hydrogen-bond acceptors (Lipinski definition) is 4. The molecule has 1 unspecified atom stereocenters. The lowest BCUT2D eigenvalue weighted by molar-refractivity contribution is -0.0293. The van der Waals surface area contributed by atoms with E-state index in [1.807, 2.05) is 0 Å². The predicted molar refractivity (Wildman–Crippen MR) is 35.5 cm³/mol. The third kappa shape index (κ3) is 2.62. The Bertz CT molecular complexity index is 58.1. The zero-order valence-electron chi connectivity index (χ0n) is 6.03. The van der Waals surface area contributed by atoms with Gasteiger partial charge in [-0.3, -0.25) is 0 Å². The minimum Gasteiger partial charge on any atom is -0.396 e. The molecule has 0 radical (unpaired) electrons. The second-order valence-corrected chi connectivity index (χ2v) is 2.08. The minimum absolute atomic E-state index is 0.171. The molecule has 0 aromatic carbocycles. The van der Waals surface area contributed by atoms with Gasteiger partial charge < -0.3 is 20.1 Å². The molecule has 0 bridgehead atoms. The van der Waals surface area contributed by atoms with E-state index in [2.05, 4.69) is 0 Å². The van der Waals surface area contributed by atoms with Crippen molar-refractivity contribution in [2.75, 3.05) is 26.9 Å². The topological polar surface area (TPSA) is 69.9 Å². The summed E-state index contributed by atoms with van der Waals surface area (Å²) in [6.07, 6.45) is -0.463. The van der Waals surface area contributed by atoms with Crippen LogP contribution in [0.2, 0.25) is 0 Å². The number of methoxy groups -OCH3 is 1. The SMILES string of the molecule is COC(CO)C(CO)CO. The zero-order valence-corrected chi connectivity index (χ0v) is 6.03. The van der Waals surface area contributed by atoms with Gasteiger partial charge in [0.2, 0.25) is 0 Å². The maximum Gasteiger partial charge on any atom is 0.0873 e. The normalized spacial score (nSPS) is 14.1. The van der Waals surface area contributed by atoms with Crippen LogP contribution in [0.25, 0.3) is 0 Å². The summed E-state index contributed by atoms with van der Waals surface area (Å²) >= 11 is 0. The summed E-state index contributed by atoms with van der Waals surface area (Å²) < 4.78 is 4.77. The van der Waals surface area contributed by atoms with Crippen molar-refractivity contribution in [1.29, 1.82) is 0 Å². The summed E-state index contributed by atoms with van der Waals surface area (Å²) in [5.74, 6) is -0.380. The summed E-state index contributed by atoms with van der Waals surface area (Å²) in [6.45, 7) is -0.520. The van der Waals surface area contributed by atoms with Gasteiger partial charge in [0.1, 0.15) is 0 Å². The molecule has 0 spiro atoms. The highest BCUT2D eigenvalue weighted by molar-refractivity contribution is 4.66. The molecule has 0 aliphatic heterocycles. The van der Waals surface area contributed by atoms with Crippen molar-refractivity contribution in [1.82, 2.24) is 0 Å². The second-order valence-electron chi connectivity index (χ2n) is 2.08. The lowest BCUT2D eigenvalue weighted by Gasteiger charge is -2.19. The Kier molecular flexibility index (Phi) is 5.52. The summed E-state index contributed by atoms with van der Waals surface area (Å²) in [7, 11) is 1.43. The Morgan fingerprint density at radius 2 is 1.60 bits per heavy atom. The monoisotopic (exact) mass is 150 g/mol. The van der Waals surface area contributed by atoms with Crippen LogP contribution >= 0.6 is 0 Å². The molecule has 3 N–H and O–H groups in total. The van der Waals surface area contributed by atoms with E-state index in [1.54, 1.807) is 0 Å². The van der Waals surface area contributed by atoms with Crippen molar-refractivity contribution in [3.05, 3.63) is 0 Å². The van der Waals surface area contributed by atoms with Crippen molar-refractivity contribution < 1.29 is 20.1 Å². The number of aliphatic hydroxyl groups is 3. The van der Waals surface area contributed by atoms with Crippen LogP contribution in [-0.2, 0) is 4.74 Å². The largest absolute Gasteiger partial charge is 0.396 e. The van der Waals surface area contributed by atoms with E-state index in [-0.39, 0.29) is 25.7 Å². The number of ether oxygens (including phenoxy) is 1. The lowest BCUT2D eigenvalue weighted by Crippen LogP contribution is -2.31. The molecular formula is C6H14O4. The van der Waals surface area contributed by atoms with Gasteiger partial charge in [-0.25, -0.2) is 0 Å². The second kappa shape index (κ2) is 5.61. The van der Waals surface area contributed by atoms with Crippen LogP contribution in [0.3, 0.4) is 0 Å². The average molecular weight is 150 g/mol. The van der Waals surface area contributed by atoms with Gasteiger partial charge >= 0.3 is 0 Å². The molecule has 0 aliphatic carbocycles. The molecule has 0 aliphatic rings. The minimum atomic E-state index is -0.463. The van der Waals surface area contributed by atoms with Crippen LogP contribution in [0.4, 0.5) is 0 Å². The van der Waals surface area contributed by atoms with Gasteiger partial charge in [0, 0.05) is 13.0 Å². The van der Waals surface area contributed by atoms with Gasteiger partial charge in [0.15, 0.2) is 0 Å². The maximum absolute atomic E-state index is 8.61. The highest BCUT2D eigenvalue weighted by atomic mass is 16.5. The van der Waals surface area contributed by atoms with Crippen LogP contribution in [-0.4, -0.2) is 48.4 Å². The van der Waals surface area contributed by atoms with E-state index >= 15 is 0 Å². The smallest absolute Gasteiger partial charge is 0.0873 e. The van der Waals surface area contributed by atoms with Crippen LogP contribution in [0.5, 0.6) is 0 Å². The van der Waals surface area contributed by atoms with E-state index in [0.29, 0.717) is 0 Å². The maximum atomic E-state index is 8.61. The van der Waals surface area contributed by atoms with Crippen LogP contribution in [0.1, 0.15) is 0 Å². The van der Waals surface area contributed by atoms with Gasteiger partial charge in [0.25, 0.3) is 0 Å². The van der Waals surface area contributed by atoms with Gasteiger partial charge in [-0.05, 0) is 0 Å². The fourth-order valence-electron chi connectivity index (χ4n) is 0.709. The number of hydrogen-bond donors (Lipinski definition) is 3. The Labute approximate surface area is 60.1 Å². The molecule has 4 heteroatoms. The first-order chi connectivity index (χ1) is 4.79. The molecule has 0 amide bonds. The highest BCUT2D eigenvalue weighted by Gasteiger charge is 2.18. The van der Waals surface area contributed by atoms with Crippen molar-refractivity contribution in [2.24, 2.45) is 5.92 Å². The number of aliphatic hydroxyl groups excluding tert-OH is 3. The van der Waals surface area contributed by atoms with E-state index in [9.17, 15) is 0 Å². The van der Waals surface area contributed by atoms with E-state index in [0.717, 1.165) is 0 Å². The van der Waals surface area contributed by atoms with Gasteiger partial charge in [-0.15, -0.1) is 0 Å². The van der Waals surface area contributed by atoms with Crippen molar-refractivity contribution in [2.45, 2.75) is 6.10 Å². The average Bonchev–Trinajstić information content (AvgIpc) is 2.00. The van der Waals surface area contributed by atoms with Gasteiger partial charge in [0.05, 0.1) is 25.9 Å². The fourth-order valence-corrected chi connectivity index (χ4v) is 0.709. The molecule has 0 saturated heterocycles. The molecule has 1 atom stereocenters.